The van der Waals surface area contributed by atoms with Crippen LogP contribution < -0.4 is 25.0 Å². The molecule has 1 unspecified atom stereocenters. The highest BCUT2D eigenvalue weighted by atomic mass is 79.9. The van der Waals surface area contributed by atoms with Crippen LogP contribution in [-0.2, 0) is 0 Å². The van der Waals surface area contributed by atoms with Gasteiger partial charge >= 0.3 is 0 Å². The summed E-state index contributed by atoms with van der Waals surface area (Å²) in [5.41, 5.74) is 5.37. The molecule has 10 nitrogen and oxygen atoms in total. The van der Waals surface area contributed by atoms with Crippen molar-refractivity contribution in [1.29, 1.82) is 0 Å². The van der Waals surface area contributed by atoms with E-state index in [0.29, 0.717) is 36.2 Å². The van der Waals surface area contributed by atoms with E-state index in [2.05, 4.69) is 65.2 Å². The van der Waals surface area contributed by atoms with Gasteiger partial charge in [-0.05, 0) is 48.8 Å². The monoisotopic (exact) mass is 590 g/mol. The highest BCUT2D eigenvalue weighted by Gasteiger charge is 2.34. The third kappa shape index (κ3) is 4.92. The van der Waals surface area contributed by atoms with Gasteiger partial charge in [0.1, 0.15) is 23.9 Å². The van der Waals surface area contributed by atoms with Gasteiger partial charge in [-0.25, -0.2) is 4.98 Å². The van der Waals surface area contributed by atoms with Crippen molar-refractivity contribution in [2.45, 2.75) is 32.9 Å². The first kappa shape index (κ1) is 25.6. The van der Waals surface area contributed by atoms with Gasteiger partial charge in [-0.3, -0.25) is 14.9 Å². The Morgan fingerprint density at radius 3 is 2.74 bits per heavy atom. The molecule has 0 radical (unpaired) electrons. The van der Waals surface area contributed by atoms with Crippen LogP contribution in [-0.4, -0.2) is 70.3 Å². The molecule has 0 bridgehead atoms. The Hall–Kier alpha value is -3.70. The molecule has 2 aliphatic rings. The van der Waals surface area contributed by atoms with E-state index in [1.165, 1.54) is 0 Å². The number of halogens is 1. The average molecular weight is 592 g/mol. The van der Waals surface area contributed by atoms with Gasteiger partial charge < -0.3 is 25.0 Å². The Balaban J connectivity index is 1.26. The van der Waals surface area contributed by atoms with Gasteiger partial charge in [0.2, 0.25) is 5.95 Å². The number of fused-ring (bicyclic) bond motifs is 4. The smallest absolute Gasteiger partial charge is 0.229 e. The minimum atomic E-state index is 0.324. The number of hydrogen-bond acceptors (Lipinski definition) is 10. The molecule has 1 saturated heterocycles. The Bertz CT molecular complexity index is 1530. The maximum Gasteiger partial charge on any atom is 0.229 e. The largest absolute Gasteiger partial charge is 0.494 e. The highest BCUT2D eigenvalue weighted by Crippen LogP contribution is 2.43. The van der Waals surface area contributed by atoms with Crippen LogP contribution in [0.1, 0.15) is 19.4 Å². The van der Waals surface area contributed by atoms with Gasteiger partial charge in [0, 0.05) is 67.7 Å². The number of anilines is 5. The first-order valence-corrected chi connectivity index (χ1v) is 13.8. The van der Waals surface area contributed by atoms with Crippen molar-refractivity contribution < 1.29 is 9.47 Å². The molecule has 2 aliphatic heterocycles. The minimum absolute atomic E-state index is 0.324. The van der Waals surface area contributed by atoms with E-state index in [1.807, 2.05) is 31.2 Å². The lowest BCUT2D eigenvalue weighted by atomic mass is 10.1. The molecule has 11 heteroatoms. The predicted molar refractivity (Wildman–Crippen MR) is 157 cm³/mol. The van der Waals surface area contributed by atoms with Crippen molar-refractivity contribution in [3.8, 4) is 11.5 Å². The van der Waals surface area contributed by atoms with E-state index >= 15 is 0 Å². The summed E-state index contributed by atoms with van der Waals surface area (Å²) < 4.78 is 12.7. The Morgan fingerprint density at radius 2 is 1.92 bits per heavy atom. The Kier molecular flexibility index (Phi) is 6.86. The van der Waals surface area contributed by atoms with E-state index in [1.54, 1.807) is 25.7 Å². The second-order valence-corrected chi connectivity index (χ2v) is 10.9. The topological polar surface area (TPSA) is 101 Å². The quantitative estimate of drug-likeness (QED) is 0.308. The number of ether oxygens (including phenoxy) is 2. The fourth-order valence-electron chi connectivity index (χ4n) is 5.22. The first-order valence-electron chi connectivity index (χ1n) is 13.0. The van der Waals surface area contributed by atoms with Crippen LogP contribution in [0.4, 0.5) is 28.8 Å². The van der Waals surface area contributed by atoms with Gasteiger partial charge in [0.25, 0.3) is 0 Å². The molecular weight excluding hydrogens is 560 g/mol. The number of nitrogens with one attached hydrogen (secondary N) is 2. The molecule has 4 aromatic rings. The fraction of sp³-hybridized carbons (Fsp3) is 0.357. The van der Waals surface area contributed by atoms with Crippen LogP contribution in [0.25, 0.3) is 11.0 Å². The third-order valence-electron chi connectivity index (χ3n) is 7.40. The molecule has 2 aromatic heterocycles. The molecule has 0 amide bonds. The van der Waals surface area contributed by atoms with E-state index in [4.69, 9.17) is 14.5 Å². The Morgan fingerprint density at radius 1 is 1.08 bits per heavy atom. The number of aryl methyl sites for hydroxylation is 1. The predicted octanol–water partition coefficient (Wildman–Crippen LogP) is 5.28. The van der Waals surface area contributed by atoms with Crippen LogP contribution in [0.3, 0.4) is 0 Å². The number of rotatable bonds is 6. The maximum absolute atomic E-state index is 6.23. The lowest BCUT2D eigenvalue weighted by molar-refractivity contribution is 0.142. The summed E-state index contributed by atoms with van der Waals surface area (Å²) >= 11 is 3.57. The van der Waals surface area contributed by atoms with Crippen molar-refractivity contribution in [1.82, 2.24) is 24.8 Å². The van der Waals surface area contributed by atoms with E-state index in [9.17, 15) is 0 Å². The molecule has 1 fully saturated rings. The second kappa shape index (κ2) is 10.5. The second-order valence-electron chi connectivity index (χ2n) is 10.1. The molecule has 2 aromatic carbocycles. The SMILES string of the molecule is COc1cc2c(cc1Nc1ncc(Br)c(Nc3ccc4nccnc4c3C)n1)OCC1CN(C(C)C)CCN21. The fourth-order valence-corrected chi connectivity index (χ4v) is 5.51. The maximum atomic E-state index is 6.23. The van der Waals surface area contributed by atoms with E-state index in [0.717, 1.165) is 63.5 Å². The summed E-state index contributed by atoms with van der Waals surface area (Å²) in [6.45, 7) is 10.1. The molecule has 0 saturated carbocycles. The van der Waals surface area contributed by atoms with Crippen molar-refractivity contribution >= 4 is 55.8 Å². The zero-order valence-electron chi connectivity index (χ0n) is 22.4. The van der Waals surface area contributed by atoms with Crippen LogP contribution in [0.2, 0.25) is 0 Å². The van der Waals surface area contributed by atoms with Crippen LogP contribution in [0.15, 0.2) is 47.3 Å². The standard InChI is InChI=1S/C28H31BrN8O2/c1-16(2)36-9-10-37-18(14-36)15-39-25-11-22(24(38-4)12-23(25)37)34-28-32-13-19(29)27(35-28)33-20-5-6-21-26(17(20)3)31-8-7-30-21/h5-8,11-13,16,18H,9-10,14-15H2,1-4H3,(H2,32,33,34,35). The zero-order valence-corrected chi connectivity index (χ0v) is 24.0. The minimum Gasteiger partial charge on any atom is -0.494 e. The number of methoxy groups -OCH3 is 1. The number of nitrogens with zero attached hydrogens (tertiary/aromatic N) is 6. The highest BCUT2D eigenvalue weighted by molar-refractivity contribution is 9.10. The van der Waals surface area contributed by atoms with Gasteiger partial charge in [-0.2, -0.15) is 4.98 Å². The lowest BCUT2D eigenvalue weighted by Gasteiger charge is -2.46. The van der Waals surface area contributed by atoms with E-state index in [-0.39, 0.29) is 0 Å². The normalized spacial score (nSPS) is 17.0. The van der Waals surface area contributed by atoms with Crippen LogP contribution in [0, 0.1) is 6.92 Å². The Labute approximate surface area is 235 Å². The summed E-state index contributed by atoms with van der Waals surface area (Å²) in [7, 11) is 1.67. The molecule has 0 spiro atoms. The summed E-state index contributed by atoms with van der Waals surface area (Å²) in [6.07, 6.45) is 5.11. The van der Waals surface area contributed by atoms with Gasteiger partial charge in [-0.1, -0.05) is 0 Å². The molecular formula is C28H31BrN8O2. The van der Waals surface area contributed by atoms with Gasteiger partial charge in [-0.15, -0.1) is 0 Å². The lowest BCUT2D eigenvalue weighted by Crippen LogP contribution is -2.58. The van der Waals surface area contributed by atoms with Crippen molar-refractivity contribution in [2.75, 3.05) is 48.9 Å². The van der Waals surface area contributed by atoms with Gasteiger partial charge in [0.15, 0.2) is 0 Å². The summed E-state index contributed by atoms with van der Waals surface area (Å²) in [4.78, 5) is 23.0. The van der Waals surface area contributed by atoms with Crippen molar-refractivity contribution in [3.63, 3.8) is 0 Å². The molecule has 0 aliphatic carbocycles. The number of hydrogen-bond donors (Lipinski definition) is 2. The molecule has 202 valence electrons. The molecule has 2 N–H and O–H groups in total. The molecule has 1 atom stereocenters. The molecule has 39 heavy (non-hydrogen) atoms. The van der Waals surface area contributed by atoms with Crippen molar-refractivity contribution in [2.24, 2.45) is 0 Å². The van der Waals surface area contributed by atoms with Crippen molar-refractivity contribution in [3.05, 3.63) is 52.9 Å². The first-order chi connectivity index (χ1) is 18.9. The summed E-state index contributed by atoms with van der Waals surface area (Å²) in [5.74, 6) is 2.58. The van der Waals surface area contributed by atoms with E-state index < -0.39 is 0 Å². The third-order valence-corrected chi connectivity index (χ3v) is 7.98. The number of aromatic nitrogens is 4. The van der Waals surface area contributed by atoms with Crippen LogP contribution in [0.5, 0.6) is 11.5 Å². The van der Waals surface area contributed by atoms with Gasteiger partial charge in [0.05, 0.1) is 40.0 Å². The molecule has 6 rings (SSSR count). The average Bonchev–Trinajstić information content (AvgIpc) is 2.95. The summed E-state index contributed by atoms with van der Waals surface area (Å²) in [5, 5.41) is 6.74. The zero-order chi connectivity index (χ0) is 27.1. The number of benzene rings is 2. The molecule has 4 heterocycles. The number of piperazine rings is 1. The summed E-state index contributed by atoms with van der Waals surface area (Å²) in [6, 6.07) is 8.79. The van der Waals surface area contributed by atoms with Crippen LogP contribution >= 0.6 is 15.9 Å².